The van der Waals surface area contributed by atoms with Gasteiger partial charge in [-0.3, -0.25) is 19.2 Å². The number of carbonyl (C=O) groups is 6. The van der Waals surface area contributed by atoms with Gasteiger partial charge >= 0.3 is 11.9 Å². The van der Waals surface area contributed by atoms with Crippen LogP contribution in [0, 0.1) is 0 Å². The molecule has 2 saturated heterocycles. The molecule has 55 heavy (non-hydrogen) atoms. The Hall–Kier alpha value is -5.26. The molecule has 4 aliphatic heterocycles. The van der Waals surface area contributed by atoms with Crippen LogP contribution in [0.3, 0.4) is 0 Å². The summed E-state index contributed by atoms with van der Waals surface area (Å²) in [4.78, 5) is 86.7. The smallest absolute Gasteiger partial charge is 0.333 e. The maximum absolute atomic E-state index is 12.3. The average Bonchev–Trinajstić information content (AvgIpc) is 3.79. The van der Waals surface area contributed by atoms with Crippen molar-refractivity contribution in [3.8, 4) is 0 Å². The van der Waals surface area contributed by atoms with E-state index in [1.54, 1.807) is 0 Å². The molecule has 1 unspecified atom stereocenters. The van der Waals surface area contributed by atoms with Crippen LogP contribution in [-0.2, 0) is 49.3 Å². The lowest BCUT2D eigenvalue weighted by Crippen LogP contribution is -2.40. The van der Waals surface area contributed by atoms with Crippen LogP contribution in [0.15, 0.2) is 72.5 Å². The Bertz CT molecular complexity index is 1870. The highest BCUT2D eigenvalue weighted by molar-refractivity contribution is 6.02. The zero-order valence-corrected chi connectivity index (χ0v) is 32.4. The molecule has 2 fully saturated rings. The Morgan fingerprint density at radius 3 is 1.71 bits per heavy atom. The second-order valence-corrected chi connectivity index (χ2v) is 15.8. The third-order valence-corrected chi connectivity index (χ3v) is 11.3. The van der Waals surface area contributed by atoms with Crippen molar-refractivity contribution in [1.82, 2.24) is 10.1 Å². The third kappa shape index (κ3) is 8.38. The van der Waals surface area contributed by atoms with E-state index in [2.05, 4.69) is 104 Å². The van der Waals surface area contributed by atoms with Crippen molar-refractivity contribution in [1.29, 1.82) is 0 Å². The minimum Gasteiger partial charge on any atom is -0.364 e. The average molecular weight is 753 g/mol. The lowest BCUT2D eigenvalue weighted by Gasteiger charge is -2.32. The number of nitrogens with zero attached hydrogens (tertiary/aromatic N) is 4. The van der Waals surface area contributed by atoms with Crippen LogP contribution in [0.2, 0.25) is 0 Å². The maximum Gasteiger partial charge on any atom is 0.333 e. The predicted octanol–water partition coefficient (Wildman–Crippen LogP) is 6.73. The second kappa shape index (κ2) is 16.6. The zero-order valence-electron chi connectivity index (χ0n) is 32.4. The molecule has 4 amide bonds. The molecule has 0 radical (unpaired) electrons. The summed E-state index contributed by atoms with van der Waals surface area (Å²) in [5, 5.41) is 1.21. The molecule has 12 nitrogen and oxygen atoms in total. The fourth-order valence-electron chi connectivity index (χ4n) is 8.26. The molecule has 0 bridgehead atoms. The number of hydrogen-bond acceptors (Lipinski definition) is 10. The number of anilines is 2. The number of allylic oxidation sites excluding steroid dienone is 3. The van der Waals surface area contributed by atoms with Gasteiger partial charge in [0.15, 0.2) is 0 Å². The summed E-state index contributed by atoms with van der Waals surface area (Å²) in [5.41, 5.74) is 5.74. The predicted molar refractivity (Wildman–Crippen MR) is 206 cm³/mol. The fraction of sp³-hybridized carbons (Fsp3) is 0.488. The van der Waals surface area contributed by atoms with E-state index in [4.69, 9.17) is 9.68 Å². The van der Waals surface area contributed by atoms with Gasteiger partial charge in [0, 0.05) is 79.5 Å². The quantitative estimate of drug-likeness (QED) is 0.134. The van der Waals surface area contributed by atoms with Gasteiger partial charge in [-0.1, -0.05) is 89.1 Å². The monoisotopic (exact) mass is 752 g/mol. The highest BCUT2D eigenvalue weighted by atomic mass is 16.7. The molecular formula is C43H52N4O8. The minimum atomic E-state index is -0.567. The van der Waals surface area contributed by atoms with Crippen molar-refractivity contribution in [2.75, 3.05) is 22.9 Å². The fourth-order valence-corrected chi connectivity index (χ4v) is 8.26. The Morgan fingerprint density at radius 2 is 1.15 bits per heavy atom. The van der Waals surface area contributed by atoms with Crippen molar-refractivity contribution < 1.29 is 38.4 Å². The molecule has 292 valence electrons. The Morgan fingerprint density at radius 1 is 0.655 bits per heavy atom. The zero-order chi connectivity index (χ0) is 39.3. The van der Waals surface area contributed by atoms with Gasteiger partial charge in [-0.15, -0.1) is 10.1 Å². The van der Waals surface area contributed by atoms with E-state index in [1.807, 2.05) is 0 Å². The minimum absolute atomic E-state index is 0.0766. The lowest BCUT2D eigenvalue weighted by molar-refractivity contribution is -0.197. The van der Waals surface area contributed by atoms with Crippen molar-refractivity contribution in [3.63, 3.8) is 0 Å². The van der Waals surface area contributed by atoms with E-state index in [0.29, 0.717) is 23.0 Å². The SMILES string of the molecule is CC1(C)C(=CC=CC2N(CCCCCC(=O)ON3C(=O)CCC3=O)c3ccccc3C2(C)C)N(CCCCCC(=O)ON2C(=O)CCC2=O)c2ccccc21. The topological polar surface area (TPSA) is 134 Å². The van der Waals surface area contributed by atoms with Gasteiger partial charge < -0.3 is 19.5 Å². The largest absolute Gasteiger partial charge is 0.364 e. The Labute approximate surface area is 323 Å². The number of benzene rings is 2. The summed E-state index contributed by atoms with van der Waals surface area (Å²) >= 11 is 0. The summed E-state index contributed by atoms with van der Waals surface area (Å²) in [6.07, 6.45) is 11.8. The van der Waals surface area contributed by atoms with Crippen molar-refractivity contribution in [2.45, 2.75) is 122 Å². The summed E-state index contributed by atoms with van der Waals surface area (Å²) < 4.78 is 0. The van der Waals surface area contributed by atoms with Gasteiger partial charge in [0.05, 0.1) is 6.04 Å². The van der Waals surface area contributed by atoms with Gasteiger partial charge in [-0.25, -0.2) is 9.59 Å². The number of rotatable bonds is 16. The van der Waals surface area contributed by atoms with Crippen LogP contribution >= 0.6 is 0 Å². The van der Waals surface area contributed by atoms with Gasteiger partial charge in [-0.05, 0) is 55.0 Å². The van der Waals surface area contributed by atoms with Crippen LogP contribution in [0.4, 0.5) is 11.4 Å². The van der Waals surface area contributed by atoms with Gasteiger partial charge in [0.2, 0.25) is 0 Å². The molecule has 2 aromatic carbocycles. The van der Waals surface area contributed by atoms with Gasteiger partial charge in [0.1, 0.15) is 0 Å². The number of imide groups is 2. The summed E-state index contributed by atoms with van der Waals surface area (Å²) in [6.45, 7) is 10.6. The molecule has 4 heterocycles. The van der Waals surface area contributed by atoms with Crippen LogP contribution in [0.1, 0.15) is 116 Å². The first-order valence-electron chi connectivity index (χ1n) is 19.6. The first-order valence-corrected chi connectivity index (χ1v) is 19.6. The summed E-state index contributed by atoms with van der Waals surface area (Å²) in [5.74, 6) is -3.01. The number of unbranched alkanes of at least 4 members (excludes halogenated alkanes) is 4. The molecule has 4 aliphatic rings. The van der Waals surface area contributed by atoms with Crippen LogP contribution in [0.25, 0.3) is 0 Å². The first kappa shape index (κ1) is 39.4. The van der Waals surface area contributed by atoms with Gasteiger partial charge in [0.25, 0.3) is 23.6 Å². The van der Waals surface area contributed by atoms with Crippen LogP contribution in [0.5, 0.6) is 0 Å². The number of fused-ring (bicyclic) bond motifs is 2. The van der Waals surface area contributed by atoms with E-state index in [1.165, 1.54) is 28.2 Å². The van der Waals surface area contributed by atoms with Crippen LogP contribution < -0.4 is 9.80 Å². The van der Waals surface area contributed by atoms with Gasteiger partial charge in [-0.2, -0.15) is 0 Å². The highest BCUT2D eigenvalue weighted by Gasteiger charge is 2.43. The highest BCUT2D eigenvalue weighted by Crippen LogP contribution is 2.48. The number of para-hydroxylation sites is 2. The molecule has 1 atom stereocenters. The number of hydroxylamine groups is 4. The number of carbonyl (C=O) groups excluding carboxylic acids is 6. The molecule has 0 aliphatic carbocycles. The Balaban J connectivity index is 1.08. The molecule has 0 N–H and O–H groups in total. The number of amides is 4. The standard InChI is InChI=1S/C43H52N4O8/c1-42(2)30-16-9-11-18-32(30)44(28-13-5-7-22-40(52)54-46-36(48)24-25-37(46)49)34(42)20-15-21-35-43(3,4)31-17-10-12-19-33(31)45(35)29-14-6-8-23-41(53)55-47-38(50)26-27-39(47)51/h9-12,15-21,34H,5-8,13-14,22-29H2,1-4H3. The molecule has 0 aromatic heterocycles. The molecule has 0 spiro atoms. The molecule has 0 saturated carbocycles. The van der Waals surface area contributed by atoms with Crippen molar-refractivity contribution >= 4 is 46.9 Å². The Kier molecular flexibility index (Phi) is 11.9. The van der Waals surface area contributed by atoms with Crippen molar-refractivity contribution in [2.24, 2.45) is 0 Å². The molecule has 12 heteroatoms. The number of hydrogen-bond donors (Lipinski definition) is 0. The molecule has 6 rings (SSSR count). The lowest BCUT2D eigenvalue weighted by atomic mass is 9.80. The van der Waals surface area contributed by atoms with Crippen molar-refractivity contribution in [3.05, 3.63) is 83.6 Å². The van der Waals surface area contributed by atoms with E-state index in [0.717, 1.165) is 38.8 Å². The van der Waals surface area contributed by atoms with E-state index >= 15 is 0 Å². The molecule has 2 aromatic rings. The second-order valence-electron chi connectivity index (χ2n) is 15.8. The van der Waals surface area contributed by atoms with E-state index in [9.17, 15) is 28.8 Å². The normalized spacial score (nSPS) is 20.7. The molecular weight excluding hydrogens is 700 g/mol. The van der Waals surface area contributed by atoms with E-state index < -0.39 is 35.6 Å². The van der Waals surface area contributed by atoms with E-state index in [-0.39, 0.29) is 55.4 Å². The summed E-state index contributed by atoms with van der Waals surface area (Å²) in [6, 6.07) is 17.1. The third-order valence-electron chi connectivity index (χ3n) is 11.3. The summed E-state index contributed by atoms with van der Waals surface area (Å²) in [7, 11) is 0. The van der Waals surface area contributed by atoms with Crippen LogP contribution in [-0.4, -0.2) is 64.8 Å². The maximum atomic E-state index is 12.3. The first-order chi connectivity index (χ1) is 26.3.